The van der Waals surface area contributed by atoms with Crippen LogP contribution in [-0.2, 0) is 9.59 Å². The average Bonchev–Trinajstić information content (AvgIpc) is 2.96. The molecular weight excluding hydrogens is 411 g/mol. The van der Waals surface area contributed by atoms with Gasteiger partial charge in [0.25, 0.3) is 5.91 Å². The maximum absolute atomic E-state index is 13.4. The van der Waals surface area contributed by atoms with E-state index in [-0.39, 0.29) is 11.7 Å². The molecule has 1 aliphatic heterocycles. The van der Waals surface area contributed by atoms with Crippen molar-refractivity contribution in [2.24, 2.45) is 4.99 Å². The van der Waals surface area contributed by atoms with Crippen LogP contribution in [0, 0.1) is 5.82 Å². The highest BCUT2D eigenvalue weighted by Crippen LogP contribution is 2.35. The maximum Gasteiger partial charge on any atom is 0.344 e. The van der Waals surface area contributed by atoms with Gasteiger partial charge in [0.15, 0.2) is 22.8 Å². The van der Waals surface area contributed by atoms with Crippen LogP contribution in [0.2, 0.25) is 0 Å². The molecule has 1 amide bonds. The number of halogens is 1. The number of ether oxygens (including phenoxy) is 2. The van der Waals surface area contributed by atoms with Gasteiger partial charge in [-0.25, -0.2) is 14.2 Å². The highest BCUT2D eigenvalue weighted by Gasteiger charge is 2.30. The number of amidine groups is 1. The van der Waals surface area contributed by atoms with Crippen LogP contribution >= 0.6 is 11.8 Å². The minimum absolute atomic E-state index is 0.242. The first kappa shape index (κ1) is 21.4. The molecule has 1 aliphatic rings. The molecule has 1 fully saturated rings. The van der Waals surface area contributed by atoms with Crippen LogP contribution in [-0.4, -0.2) is 47.3 Å². The Balaban J connectivity index is 1.86. The maximum atomic E-state index is 13.4. The number of methoxy groups -OCH3 is 1. The first-order chi connectivity index (χ1) is 14.3. The van der Waals surface area contributed by atoms with Gasteiger partial charge in [-0.3, -0.25) is 9.69 Å². The molecule has 1 saturated heterocycles. The van der Waals surface area contributed by atoms with Gasteiger partial charge in [-0.1, -0.05) is 12.1 Å². The van der Waals surface area contributed by atoms with Gasteiger partial charge in [-0.05, 0) is 60.7 Å². The third-order valence-electron chi connectivity index (χ3n) is 4.17. The van der Waals surface area contributed by atoms with Crippen LogP contribution < -0.4 is 9.47 Å². The van der Waals surface area contributed by atoms with Crippen LogP contribution in [0.3, 0.4) is 0 Å². The van der Waals surface area contributed by atoms with Crippen molar-refractivity contribution < 1.29 is 28.6 Å². The standard InChI is InChI=1S/C21H19FN2O5S/c1-12(20(26)27)29-16-8-7-13(9-17(16)28-3)10-18-19(25)24(2)21(30-18)23-15-6-4-5-14(22)11-15/h4-12H,1-3H3,(H,26,27)/b18-10-,23-21?/t12-/m1/s1. The Morgan fingerprint density at radius 2 is 2.03 bits per heavy atom. The summed E-state index contributed by atoms with van der Waals surface area (Å²) in [6.07, 6.45) is 0.634. The quantitative estimate of drug-likeness (QED) is 0.699. The number of carboxylic acid groups (broad SMARTS) is 1. The van der Waals surface area contributed by atoms with Crippen LogP contribution in [0.15, 0.2) is 52.4 Å². The van der Waals surface area contributed by atoms with E-state index < -0.39 is 17.9 Å². The molecule has 0 saturated carbocycles. The second kappa shape index (κ2) is 9.00. The van der Waals surface area contributed by atoms with E-state index in [9.17, 15) is 14.0 Å². The molecule has 0 bridgehead atoms. The number of likely N-dealkylation sites (N-methyl/N-ethyl adjacent to an activating group) is 1. The number of carboxylic acids is 1. The minimum Gasteiger partial charge on any atom is -0.493 e. The molecule has 7 nitrogen and oxygen atoms in total. The summed E-state index contributed by atoms with van der Waals surface area (Å²) in [6.45, 7) is 1.42. The Labute approximate surface area is 176 Å². The molecule has 0 spiro atoms. The zero-order valence-corrected chi connectivity index (χ0v) is 17.3. The van der Waals surface area contributed by atoms with Crippen molar-refractivity contribution >= 4 is 40.6 Å². The average molecular weight is 430 g/mol. The van der Waals surface area contributed by atoms with Gasteiger partial charge >= 0.3 is 5.97 Å². The fourth-order valence-corrected chi connectivity index (χ4v) is 3.56. The Hall–Kier alpha value is -3.33. The number of thioether (sulfide) groups is 1. The zero-order valence-electron chi connectivity index (χ0n) is 16.5. The fraction of sp³-hybridized carbons (Fsp3) is 0.190. The van der Waals surface area contributed by atoms with Crippen molar-refractivity contribution in [1.29, 1.82) is 0 Å². The third-order valence-corrected chi connectivity index (χ3v) is 5.23. The lowest BCUT2D eigenvalue weighted by Crippen LogP contribution is -2.23. The number of carbonyl (C=O) groups excluding carboxylic acids is 1. The fourth-order valence-electron chi connectivity index (χ4n) is 2.57. The lowest BCUT2D eigenvalue weighted by atomic mass is 10.2. The van der Waals surface area contributed by atoms with Gasteiger partial charge in [-0.15, -0.1) is 0 Å². The molecule has 0 aromatic heterocycles. The molecule has 0 radical (unpaired) electrons. The Morgan fingerprint density at radius 3 is 2.70 bits per heavy atom. The second-order valence-electron chi connectivity index (χ2n) is 6.36. The summed E-state index contributed by atoms with van der Waals surface area (Å²) in [5, 5.41) is 9.43. The highest BCUT2D eigenvalue weighted by molar-refractivity contribution is 8.18. The summed E-state index contributed by atoms with van der Waals surface area (Å²) >= 11 is 1.17. The molecule has 1 atom stereocenters. The van der Waals surface area contributed by atoms with E-state index in [0.29, 0.717) is 27.1 Å². The Bertz CT molecular complexity index is 1050. The summed E-state index contributed by atoms with van der Waals surface area (Å²) in [4.78, 5) is 29.7. The number of benzene rings is 2. The molecule has 0 aliphatic carbocycles. The summed E-state index contributed by atoms with van der Waals surface area (Å²) in [5.41, 5.74) is 1.08. The molecule has 1 heterocycles. The van der Waals surface area contributed by atoms with Crippen molar-refractivity contribution in [3.8, 4) is 11.5 Å². The smallest absolute Gasteiger partial charge is 0.344 e. The molecular formula is C21H19FN2O5S. The predicted molar refractivity (Wildman–Crippen MR) is 113 cm³/mol. The number of hydrogen-bond donors (Lipinski definition) is 1. The monoisotopic (exact) mass is 430 g/mol. The van der Waals surface area contributed by atoms with Crippen molar-refractivity contribution in [2.45, 2.75) is 13.0 Å². The number of carbonyl (C=O) groups is 2. The molecule has 3 rings (SSSR count). The first-order valence-corrected chi connectivity index (χ1v) is 9.69. The van der Waals surface area contributed by atoms with E-state index in [1.165, 1.54) is 42.8 Å². The Morgan fingerprint density at radius 1 is 1.27 bits per heavy atom. The van der Waals surface area contributed by atoms with E-state index in [4.69, 9.17) is 14.6 Å². The molecule has 9 heteroatoms. The Kier molecular flexibility index (Phi) is 6.41. The van der Waals surface area contributed by atoms with Gasteiger partial charge in [0.05, 0.1) is 17.7 Å². The van der Waals surface area contributed by atoms with Gasteiger partial charge in [0.2, 0.25) is 0 Å². The van der Waals surface area contributed by atoms with Gasteiger partial charge in [-0.2, -0.15) is 0 Å². The predicted octanol–water partition coefficient (Wildman–Crippen LogP) is 3.92. The topological polar surface area (TPSA) is 88.4 Å². The zero-order chi connectivity index (χ0) is 21.8. The largest absolute Gasteiger partial charge is 0.493 e. The van der Waals surface area contributed by atoms with Gasteiger partial charge < -0.3 is 14.6 Å². The first-order valence-electron chi connectivity index (χ1n) is 8.88. The number of hydrogen-bond acceptors (Lipinski definition) is 6. The van der Waals surface area contributed by atoms with Crippen LogP contribution in [0.5, 0.6) is 11.5 Å². The van der Waals surface area contributed by atoms with Crippen molar-refractivity contribution in [3.05, 3.63) is 58.8 Å². The van der Waals surface area contributed by atoms with Crippen LogP contribution in [0.1, 0.15) is 12.5 Å². The van der Waals surface area contributed by atoms with E-state index in [2.05, 4.69) is 4.99 Å². The number of amides is 1. The van der Waals surface area contributed by atoms with E-state index >= 15 is 0 Å². The minimum atomic E-state index is -1.09. The summed E-state index contributed by atoms with van der Waals surface area (Å²) < 4.78 is 24.0. The molecule has 2 aromatic rings. The number of aliphatic imine (C=N–C) groups is 1. The molecule has 1 N–H and O–H groups in total. The summed E-state index contributed by atoms with van der Waals surface area (Å²) in [6, 6.07) is 10.7. The van der Waals surface area contributed by atoms with Crippen molar-refractivity contribution in [3.63, 3.8) is 0 Å². The van der Waals surface area contributed by atoms with Crippen molar-refractivity contribution in [2.75, 3.05) is 14.2 Å². The van der Waals surface area contributed by atoms with Crippen LogP contribution in [0.25, 0.3) is 6.08 Å². The van der Waals surface area contributed by atoms with Gasteiger partial charge in [0.1, 0.15) is 5.82 Å². The second-order valence-corrected chi connectivity index (χ2v) is 7.37. The molecule has 30 heavy (non-hydrogen) atoms. The number of nitrogens with zero attached hydrogens (tertiary/aromatic N) is 2. The molecule has 2 aromatic carbocycles. The van der Waals surface area contributed by atoms with E-state index in [0.717, 1.165) is 0 Å². The van der Waals surface area contributed by atoms with Gasteiger partial charge in [0, 0.05) is 7.05 Å². The molecule has 0 unspecified atom stereocenters. The number of aliphatic carboxylic acids is 1. The SMILES string of the molecule is COc1cc(/C=C2\SC(=Nc3cccc(F)c3)N(C)C2=O)ccc1O[C@H](C)C(=O)O. The normalized spacial score (nSPS) is 17.5. The molecule has 156 valence electrons. The van der Waals surface area contributed by atoms with Crippen molar-refractivity contribution in [1.82, 2.24) is 4.90 Å². The highest BCUT2D eigenvalue weighted by atomic mass is 32.2. The summed E-state index contributed by atoms with van der Waals surface area (Å²) in [5.74, 6) is -1.12. The lowest BCUT2D eigenvalue weighted by Gasteiger charge is -2.14. The van der Waals surface area contributed by atoms with E-state index in [1.807, 2.05) is 0 Å². The third kappa shape index (κ3) is 4.80. The van der Waals surface area contributed by atoms with E-state index in [1.54, 1.807) is 43.5 Å². The lowest BCUT2D eigenvalue weighted by molar-refractivity contribution is -0.144. The number of rotatable bonds is 6. The summed E-state index contributed by atoms with van der Waals surface area (Å²) in [7, 11) is 3.04. The van der Waals surface area contributed by atoms with Crippen LogP contribution in [0.4, 0.5) is 10.1 Å².